The van der Waals surface area contributed by atoms with E-state index < -0.39 is 0 Å². The van der Waals surface area contributed by atoms with Gasteiger partial charge in [0.05, 0.1) is 0 Å². The van der Waals surface area contributed by atoms with E-state index in [1.807, 2.05) is 0 Å². The van der Waals surface area contributed by atoms with E-state index in [1.165, 1.54) is 27.8 Å². The predicted octanol–water partition coefficient (Wildman–Crippen LogP) is 4.93. The Bertz CT molecular complexity index is 731. The van der Waals surface area contributed by atoms with Gasteiger partial charge in [0.15, 0.2) is 0 Å². The van der Waals surface area contributed by atoms with Crippen LogP contribution in [0.2, 0.25) is 0 Å². The second-order valence-corrected chi connectivity index (χ2v) is 5.91. The Morgan fingerprint density at radius 3 is 2.70 bits per heavy atom. The van der Waals surface area contributed by atoms with Gasteiger partial charge in [-0.25, -0.2) is 0 Å². The zero-order valence-electron chi connectivity index (χ0n) is 11.8. The van der Waals surface area contributed by atoms with Crippen LogP contribution in [0.15, 0.2) is 66.3 Å². The molecule has 0 saturated carbocycles. The van der Waals surface area contributed by atoms with Gasteiger partial charge in [-0.15, -0.1) is 0 Å². The summed E-state index contributed by atoms with van der Waals surface area (Å²) in [6.45, 7) is 2.18. The second kappa shape index (κ2) is 4.49. The number of hydrogen-bond donors (Lipinski definition) is 0. The standard InChI is InChI=1S/C20H18/c1-14-9-10-15(11-14)12-16-6-4-8-19-18-7-3-2-5-17(18)13-20(16)19/h2-11,15H,12-13H2,1H3. The SMILES string of the molecule is CC1=CC(Cc2cccc3c2Cc2ccccc2-3)C=C1. The molecule has 4 rings (SSSR count). The van der Waals surface area contributed by atoms with Crippen molar-refractivity contribution in [2.45, 2.75) is 19.8 Å². The molecule has 0 amide bonds. The summed E-state index contributed by atoms with van der Waals surface area (Å²) >= 11 is 0. The molecule has 0 radical (unpaired) electrons. The summed E-state index contributed by atoms with van der Waals surface area (Å²) in [5.74, 6) is 0.574. The quantitative estimate of drug-likeness (QED) is 0.611. The molecule has 1 unspecified atom stereocenters. The van der Waals surface area contributed by atoms with Crippen molar-refractivity contribution in [1.29, 1.82) is 0 Å². The number of rotatable bonds is 2. The highest BCUT2D eigenvalue weighted by Gasteiger charge is 2.21. The van der Waals surface area contributed by atoms with E-state index in [0.717, 1.165) is 12.8 Å². The lowest BCUT2D eigenvalue weighted by molar-refractivity contribution is 0.806. The van der Waals surface area contributed by atoms with Crippen molar-refractivity contribution in [1.82, 2.24) is 0 Å². The molecule has 0 aliphatic heterocycles. The van der Waals surface area contributed by atoms with Crippen molar-refractivity contribution in [2.24, 2.45) is 5.92 Å². The molecule has 2 aromatic carbocycles. The van der Waals surface area contributed by atoms with Crippen LogP contribution in [-0.4, -0.2) is 0 Å². The smallest absolute Gasteiger partial charge is 0.000403 e. The molecule has 0 nitrogen and oxygen atoms in total. The summed E-state index contributed by atoms with van der Waals surface area (Å²) in [5, 5.41) is 0. The lowest BCUT2D eigenvalue weighted by Crippen LogP contribution is -2.00. The minimum atomic E-state index is 0.574. The lowest BCUT2D eigenvalue weighted by Gasteiger charge is -2.11. The average molecular weight is 258 g/mol. The Labute approximate surface area is 120 Å². The van der Waals surface area contributed by atoms with E-state index in [4.69, 9.17) is 0 Å². The van der Waals surface area contributed by atoms with Crippen LogP contribution in [0.4, 0.5) is 0 Å². The highest BCUT2D eigenvalue weighted by Crippen LogP contribution is 2.39. The lowest BCUT2D eigenvalue weighted by atomic mass is 9.93. The van der Waals surface area contributed by atoms with E-state index in [1.54, 1.807) is 5.56 Å². The maximum Gasteiger partial charge on any atom is -0.000403 e. The molecule has 0 heterocycles. The number of hydrogen-bond acceptors (Lipinski definition) is 0. The normalized spacial score (nSPS) is 18.9. The van der Waals surface area contributed by atoms with Crippen molar-refractivity contribution in [3.63, 3.8) is 0 Å². The van der Waals surface area contributed by atoms with Crippen molar-refractivity contribution in [3.05, 3.63) is 83.0 Å². The minimum Gasteiger partial charge on any atom is -0.0770 e. The second-order valence-electron chi connectivity index (χ2n) is 5.91. The van der Waals surface area contributed by atoms with Crippen LogP contribution in [0.25, 0.3) is 11.1 Å². The van der Waals surface area contributed by atoms with E-state index >= 15 is 0 Å². The zero-order chi connectivity index (χ0) is 13.5. The van der Waals surface area contributed by atoms with E-state index in [9.17, 15) is 0 Å². The van der Waals surface area contributed by atoms with Gasteiger partial charge in [-0.05, 0) is 53.5 Å². The Balaban J connectivity index is 1.73. The molecule has 0 spiro atoms. The third-order valence-corrected chi connectivity index (χ3v) is 4.49. The molecule has 2 aromatic rings. The van der Waals surface area contributed by atoms with Gasteiger partial charge in [0.1, 0.15) is 0 Å². The number of fused-ring (bicyclic) bond motifs is 3. The largest absolute Gasteiger partial charge is 0.0770 e. The van der Waals surface area contributed by atoms with Crippen molar-refractivity contribution < 1.29 is 0 Å². The van der Waals surface area contributed by atoms with Gasteiger partial charge in [0, 0.05) is 0 Å². The fraction of sp³-hybridized carbons (Fsp3) is 0.200. The fourth-order valence-corrected chi connectivity index (χ4v) is 3.52. The van der Waals surface area contributed by atoms with E-state index in [0.29, 0.717) is 5.92 Å². The highest BCUT2D eigenvalue weighted by molar-refractivity contribution is 5.77. The molecule has 0 aromatic heterocycles. The predicted molar refractivity (Wildman–Crippen MR) is 84.8 cm³/mol. The van der Waals surface area contributed by atoms with Crippen LogP contribution >= 0.6 is 0 Å². The molecule has 0 fully saturated rings. The summed E-state index contributed by atoms with van der Waals surface area (Å²) in [6, 6.07) is 15.6. The molecule has 98 valence electrons. The number of benzene rings is 2. The van der Waals surface area contributed by atoms with Gasteiger partial charge in [-0.1, -0.05) is 66.3 Å². The van der Waals surface area contributed by atoms with Gasteiger partial charge in [-0.3, -0.25) is 0 Å². The molecule has 20 heavy (non-hydrogen) atoms. The van der Waals surface area contributed by atoms with Crippen LogP contribution in [0, 0.1) is 5.92 Å². The fourth-order valence-electron chi connectivity index (χ4n) is 3.52. The highest BCUT2D eigenvalue weighted by atomic mass is 14.2. The van der Waals surface area contributed by atoms with Crippen LogP contribution in [-0.2, 0) is 12.8 Å². The van der Waals surface area contributed by atoms with E-state index in [2.05, 4.69) is 67.6 Å². The molecule has 0 bridgehead atoms. The van der Waals surface area contributed by atoms with Gasteiger partial charge < -0.3 is 0 Å². The van der Waals surface area contributed by atoms with E-state index in [-0.39, 0.29) is 0 Å². The molecule has 0 saturated heterocycles. The van der Waals surface area contributed by atoms with Gasteiger partial charge >= 0.3 is 0 Å². The molecule has 2 aliphatic carbocycles. The molecule has 0 N–H and O–H groups in total. The average Bonchev–Trinajstić information content (AvgIpc) is 3.03. The summed E-state index contributed by atoms with van der Waals surface area (Å²) in [6.07, 6.45) is 9.17. The van der Waals surface area contributed by atoms with Crippen molar-refractivity contribution in [2.75, 3.05) is 0 Å². The first-order chi connectivity index (χ1) is 9.81. The Kier molecular flexibility index (Phi) is 2.63. The topological polar surface area (TPSA) is 0 Å². The van der Waals surface area contributed by atoms with Crippen LogP contribution in [0.5, 0.6) is 0 Å². The van der Waals surface area contributed by atoms with Gasteiger partial charge in [0.25, 0.3) is 0 Å². The summed E-state index contributed by atoms with van der Waals surface area (Å²) in [4.78, 5) is 0. The molecular formula is C20H18. The van der Waals surface area contributed by atoms with Gasteiger partial charge in [-0.2, -0.15) is 0 Å². The monoisotopic (exact) mass is 258 g/mol. The first-order valence-corrected chi connectivity index (χ1v) is 7.37. The summed E-state index contributed by atoms with van der Waals surface area (Å²) < 4.78 is 0. The minimum absolute atomic E-state index is 0.574. The first kappa shape index (κ1) is 11.7. The molecule has 1 atom stereocenters. The van der Waals surface area contributed by atoms with Crippen molar-refractivity contribution in [3.8, 4) is 11.1 Å². The maximum atomic E-state index is 2.38. The zero-order valence-corrected chi connectivity index (χ0v) is 11.8. The Morgan fingerprint density at radius 1 is 1.00 bits per heavy atom. The third-order valence-electron chi connectivity index (χ3n) is 4.49. The van der Waals surface area contributed by atoms with Gasteiger partial charge in [0.2, 0.25) is 0 Å². The number of allylic oxidation sites excluding steroid dienone is 4. The van der Waals surface area contributed by atoms with Crippen molar-refractivity contribution >= 4 is 0 Å². The first-order valence-electron chi connectivity index (χ1n) is 7.37. The summed E-state index contributed by atoms with van der Waals surface area (Å²) in [5.41, 5.74) is 8.80. The van der Waals surface area contributed by atoms with Crippen LogP contribution in [0.3, 0.4) is 0 Å². The molecular weight excluding hydrogens is 240 g/mol. The Hall–Kier alpha value is -2.08. The van der Waals surface area contributed by atoms with Crippen LogP contribution < -0.4 is 0 Å². The third kappa shape index (κ3) is 1.84. The van der Waals surface area contributed by atoms with Crippen LogP contribution in [0.1, 0.15) is 23.6 Å². The molecule has 2 aliphatic rings. The maximum absolute atomic E-state index is 2.38. The summed E-state index contributed by atoms with van der Waals surface area (Å²) in [7, 11) is 0. The Morgan fingerprint density at radius 2 is 1.85 bits per heavy atom. The molecule has 0 heteroatoms.